The molecule has 1 saturated heterocycles. The van der Waals surface area contributed by atoms with Crippen molar-refractivity contribution in [2.45, 2.75) is 64.5 Å². The van der Waals surface area contributed by atoms with Gasteiger partial charge in [0.1, 0.15) is 11.6 Å². The second kappa shape index (κ2) is 7.40. The summed E-state index contributed by atoms with van der Waals surface area (Å²) in [4.78, 5) is 29.3. The molecule has 0 bridgehead atoms. The second-order valence-electron chi connectivity index (χ2n) is 7.02. The highest BCUT2D eigenvalue weighted by molar-refractivity contribution is 5.77. The Hall–Kier alpha value is -2.13. The van der Waals surface area contributed by atoms with Gasteiger partial charge in [-0.1, -0.05) is 12.8 Å². The predicted molar refractivity (Wildman–Crippen MR) is 93.3 cm³/mol. The average Bonchev–Trinajstić information content (AvgIpc) is 2.61. The van der Waals surface area contributed by atoms with Crippen molar-refractivity contribution >= 4 is 5.91 Å². The second-order valence-corrected chi connectivity index (χ2v) is 7.02. The number of pyridine rings is 1. The highest BCUT2D eigenvalue weighted by Gasteiger charge is 2.36. The van der Waals surface area contributed by atoms with Crippen LogP contribution in [0.4, 0.5) is 0 Å². The number of nitrogens with one attached hydrogen (secondary N) is 1. The zero-order valence-electron chi connectivity index (χ0n) is 14.9. The van der Waals surface area contributed by atoms with Crippen LogP contribution in [0.15, 0.2) is 4.79 Å². The summed E-state index contributed by atoms with van der Waals surface area (Å²) >= 11 is 0. The maximum atomic E-state index is 12.8. The van der Waals surface area contributed by atoms with Crippen LogP contribution in [0, 0.1) is 25.2 Å². The van der Waals surface area contributed by atoms with Crippen molar-refractivity contribution in [3.63, 3.8) is 0 Å². The fraction of sp³-hybridized carbons (Fsp3) is 0.632. The molecule has 1 aromatic heterocycles. The lowest BCUT2D eigenvalue weighted by atomic mass is 9.89. The number of carbonyl (C=O) groups excluding carboxylic acids is 1. The lowest BCUT2D eigenvalue weighted by Gasteiger charge is -2.43. The third-order valence-electron chi connectivity index (χ3n) is 5.56. The van der Waals surface area contributed by atoms with Crippen LogP contribution < -0.4 is 5.56 Å². The largest absolute Gasteiger partial charge is 0.374 e. The molecule has 6 nitrogen and oxygen atoms in total. The van der Waals surface area contributed by atoms with Gasteiger partial charge < -0.3 is 14.6 Å². The van der Waals surface area contributed by atoms with Crippen molar-refractivity contribution in [1.82, 2.24) is 9.88 Å². The molecule has 2 fully saturated rings. The van der Waals surface area contributed by atoms with Crippen LogP contribution in [0.1, 0.15) is 54.5 Å². The Morgan fingerprint density at radius 1 is 1.36 bits per heavy atom. The number of fused-ring (bicyclic) bond motifs is 1. The number of ether oxygens (including phenoxy) is 1. The monoisotopic (exact) mass is 343 g/mol. The molecule has 0 spiro atoms. The normalized spacial score (nSPS) is 23.0. The van der Waals surface area contributed by atoms with E-state index < -0.39 is 0 Å². The SMILES string of the molecule is Cc1[nH]c(=O)c(C#N)c(C)c1CCC(=O)N1CCO[C@@H]2CCCC[C@H]21. The van der Waals surface area contributed by atoms with E-state index in [1.54, 1.807) is 6.92 Å². The van der Waals surface area contributed by atoms with Gasteiger partial charge in [-0.25, -0.2) is 0 Å². The van der Waals surface area contributed by atoms with E-state index in [9.17, 15) is 9.59 Å². The van der Waals surface area contributed by atoms with Crippen LogP contribution in [-0.4, -0.2) is 41.1 Å². The topological polar surface area (TPSA) is 86.2 Å². The average molecular weight is 343 g/mol. The van der Waals surface area contributed by atoms with E-state index in [1.165, 1.54) is 6.42 Å². The number of amides is 1. The molecule has 1 N–H and O–H groups in total. The van der Waals surface area contributed by atoms with Crippen LogP contribution in [0.5, 0.6) is 0 Å². The van der Waals surface area contributed by atoms with Gasteiger partial charge in [0, 0.05) is 18.7 Å². The zero-order valence-corrected chi connectivity index (χ0v) is 14.9. The molecule has 1 aliphatic carbocycles. The minimum Gasteiger partial charge on any atom is -0.374 e. The van der Waals surface area contributed by atoms with Gasteiger partial charge in [0.25, 0.3) is 5.56 Å². The number of aromatic nitrogens is 1. The molecule has 134 valence electrons. The zero-order chi connectivity index (χ0) is 18.0. The molecule has 25 heavy (non-hydrogen) atoms. The maximum absolute atomic E-state index is 12.8. The first-order valence-electron chi connectivity index (χ1n) is 9.06. The molecule has 0 aromatic carbocycles. The molecule has 3 rings (SSSR count). The summed E-state index contributed by atoms with van der Waals surface area (Å²) in [7, 11) is 0. The Kier molecular flexibility index (Phi) is 5.24. The summed E-state index contributed by atoms with van der Waals surface area (Å²) in [5, 5.41) is 9.17. The van der Waals surface area contributed by atoms with Gasteiger partial charge in [-0.3, -0.25) is 9.59 Å². The van der Waals surface area contributed by atoms with Crippen molar-refractivity contribution in [3.8, 4) is 6.07 Å². The molecule has 0 unspecified atom stereocenters. The van der Waals surface area contributed by atoms with E-state index in [1.807, 2.05) is 17.9 Å². The standard InChI is InChI=1S/C19H25N3O3/c1-12-14(13(2)21-19(24)15(12)11-20)7-8-18(23)22-9-10-25-17-6-4-3-5-16(17)22/h16-17H,3-10H2,1-2H3,(H,21,24)/t16-,17-/m1/s1. The van der Waals surface area contributed by atoms with Gasteiger partial charge in [0.2, 0.25) is 5.91 Å². The summed E-state index contributed by atoms with van der Waals surface area (Å²) in [6, 6.07) is 2.17. The number of aromatic amines is 1. The first-order chi connectivity index (χ1) is 12.0. The molecule has 0 radical (unpaired) electrons. The van der Waals surface area contributed by atoms with Crippen LogP contribution in [0.2, 0.25) is 0 Å². The summed E-state index contributed by atoms with van der Waals surface area (Å²) in [6.07, 6.45) is 5.50. The van der Waals surface area contributed by atoms with Gasteiger partial charge in [0.05, 0.1) is 18.8 Å². The molecule has 1 aromatic rings. The van der Waals surface area contributed by atoms with Gasteiger partial charge >= 0.3 is 0 Å². The number of H-pyrrole nitrogens is 1. The molecule has 6 heteroatoms. The smallest absolute Gasteiger partial charge is 0.266 e. The van der Waals surface area contributed by atoms with Gasteiger partial charge in [-0.05, 0) is 44.2 Å². The van der Waals surface area contributed by atoms with Crippen molar-refractivity contribution in [2.75, 3.05) is 13.2 Å². The third-order valence-corrected chi connectivity index (χ3v) is 5.56. The molecule has 1 aliphatic heterocycles. The Labute approximate surface area is 147 Å². The fourth-order valence-corrected chi connectivity index (χ4v) is 4.20. The quantitative estimate of drug-likeness (QED) is 0.909. The van der Waals surface area contributed by atoms with E-state index in [0.717, 1.165) is 30.5 Å². The Bertz CT molecular complexity index is 760. The first-order valence-corrected chi connectivity index (χ1v) is 9.06. The molecular formula is C19H25N3O3. The maximum Gasteiger partial charge on any atom is 0.266 e. The number of morpholine rings is 1. The van der Waals surface area contributed by atoms with E-state index in [2.05, 4.69) is 4.98 Å². The number of carbonyl (C=O) groups is 1. The van der Waals surface area contributed by atoms with Crippen molar-refractivity contribution in [3.05, 3.63) is 32.7 Å². The number of nitrogens with zero attached hydrogens (tertiary/aromatic N) is 2. The summed E-state index contributed by atoms with van der Waals surface area (Å²) in [5.74, 6) is 0.142. The Morgan fingerprint density at radius 3 is 2.88 bits per heavy atom. The van der Waals surface area contributed by atoms with Crippen molar-refractivity contribution in [2.24, 2.45) is 0 Å². The highest BCUT2D eigenvalue weighted by atomic mass is 16.5. The fourth-order valence-electron chi connectivity index (χ4n) is 4.20. The van der Waals surface area contributed by atoms with Gasteiger partial charge in [0.15, 0.2) is 0 Å². The lowest BCUT2D eigenvalue weighted by molar-refractivity contribution is -0.149. The van der Waals surface area contributed by atoms with Crippen LogP contribution in [0.3, 0.4) is 0 Å². The first kappa shape index (κ1) is 17.7. The van der Waals surface area contributed by atoms with E-state index >= 15 is 0 Å². The van der Waals surface area contributed by atoms with Crippen LogP contribution >= 0.6 is 0 Å². The third kappa shape index (κ3) is 3.47. The highest BCUT2D eigenvalue weighted by Crippen LogP contribution is 2.29. The summed E-state index contributed by atoms with van der Waals surface area (Å²) in [6.45, 7) is 4.88. The van der Waals surface area contributed by atoms with Crippen molar-refractivity contribution < 1.29 is 9.53 Å². The molecular weight excluding hydrogens is 318 g/mol. The molecule has 1 saturated carbocycles. The number of hydrogen-bond donors (Lipinski definition) is 1. The Morgan fingerprint density at radius 2 is 2.12 bits per heavy atom. The van der Waals surface area contributed by atoms with Crippen LogP contribution in [0.25, 0.3) is 0 Å². The van der Waals surface area contributed by atoms with E-state index in [0.29, 0.717) is 31.6 Å². The van der Waals surface area contributed by atoms with Gasteiger partial charge in [-0.15, -0.1) is 0 Å². The number of nitriles is 1. The predicted octanol–water partition coefficient (Wildman–Crippen LogP) is 1.97. The van der Waals surface area contributed by atoms with E-state index in [-0.39, 0.29) is 29.2 Å². The number of rotatable bonds is 3. The van der Waals surface area contributed by atoms with Crippen molar-refractivity contribution in [1.29, 1.82) is 5.26 Å². The van der Waals surface area contributed by atoms with Gasteiger partial charge in [-0.2, -0.15) is 5.26 Å². The van der Waals surface area contributed by atoms with Crippen LogP contribution in [-0.2, 0) is 16.0 Å². The Balaban J connectivity index is 1.72. The minimum absolute atomic E-state index is 0.142. The minimum atomic E-state index is -0.356. The summed E-state index contributed by atoms with van der Waals surface area (Å²) < 4.78 is 5.84. The number of hydrogen-bond acceptors (Lipinski definition) is 4. The lowest BCUT2D eigenvalue weighted by Crippen LogP contribution is -2.54. The molecule has 2 heterocycles. The molecule has 1 amide bonds. The van der Waals surface area contributed by atoms with E-state index in [4.69, 9.17) is 10.00 Å². The molecule has 2 atom stereocenters. The molecule has 2 aliphatic rings. The number of aryl methyl sites for hydroxylation is 1. The summed E-state index contributed by atoms with van der Waals surface area (Å²) in [5.41, 5.74) is 2.12.